The van der Waals surface area contributed by atoms with E-state index in [1.54, 1.807) is 18.2 Å². The first-order chi connectivity index (χ1) is 14.8. The Hall–Kier alpha value is -3.85. The molecular weight excluding hydrogens is 416 g/mol. The zero-order valence-electron chi connectivity index (χ0n) is 16.9. The van der Waals surface area contributed by atoms with Crippen LogP contribution < -0.4 is 15.2 Å². The molecule has 0 atom stereocenters. The smallest absolute Gasteiger partial charge is 0.261 e. The average Bonchev–Trinajstić information content (AvgIpc) is 3.16. The van der Waals surface area contributed by atoms with E-state index in [2.05, 4.69) is 9.71 Å². The van der Waals surface area contributed by atoms with Crippen molar-refractivity contribution in [3.63, 3.8) is 0 Å². The van der Waals surface area contributed by atoms with E-state index in [1.807, 2.05) is 41.9 Å². The molecule has 8 nitrogen and oxygen atoms in total. The molecule has 2 aromatic carbocycles. The third-order valence-corrected chi connectivity index (χ3v) is 6.15. The molecule has 0 saturated carbocycles. The fourth-order valence-electron chi connectivity index (χ4n) is 3.23. The molecule has 0 unspecified atom stereocenters. The van der Waals surface area contributed by atoms with Crippen molar-refractivity contribution in [1.82, 2.24) is 9.38 Å². The summed E-state index contributed by atoms with van der Waals surface area (Å²) < 4.78 is 35.3. The number of amides is 1. The topological polar surface area (TPSA) is 116 Å². The first kappa shape index (κ1) is 20.4. The van der Waals surface area contributed by atoms with Gasteiger partial charge in [0.1, 0.15) is 11.4 Å². The third kappa shape index (κ3) is 4.08. The van der Waals surface area contributed by atoms with Crippen molar-refractivity contribution in [3.05, 3.63) is 78.1 Å². The zero-order chi connectivity index (χ0) is 22.2. The zero-order valence-corrected chi connectivity index (χ0v) is 17.7. The maximum atomic E-state index is 12.9. The molecule has 0 bridgehead atoms. The van der Waals surface area contributed by atoms with Crippen LogP contribution >= 0.6 is 0 Å². The van der Waals surface area contributed by atoms with Gasteiger partial charge in [0.2, 0.25) is 0 Å². The molecule has 0 aliphatic heterocycles. The predicted molar refractivity (Wildman–Crippen MR) is 118 cm³/mol. The van der Waals surface area contributed by atoms with Gasteiger partial charge in [0.05, 0.1) is 23.3 Å². The van der Waals surface area contributed by atoms with Crippen molar-refractivity contribution in [2.24, 2.45) is 5.73 Å². The molecule has 0 aliphatic carbocycles. The van der Waals surface area contributed by atoms with Gasteiger partial charge in [-0.25, -0.2) is 13.4 Å². The summed E-state index contributed by atoms with van der Waals surface area (Å²) in [5.74, 6) is -0.575. The van der Waals surface area contributed by atoms with Gasteiger partial charge < -0.3 is 14.9 Å². The molecule has 2 aromatic heterocycles. The molecule has 1 amide bonds. The summed E-state index contributed by atoms with van der Waals surface area (Å²) in [7, 11) is -2.59. The molecule has 2 heterocycles. The van der Waals surface area contributed by atoms with Crippen LogP contribution in [0, 0.1) is 6.92 Å². The molecule has 158 valence electrons. The van der Waals surface area contributed by atoms with Crippen molar-refractivity contribution in [3.8, 4) is 17.0 Å². The Balaban J connectivity index is 1.66. The highest BCUT2D eigenvalue weighted by atomic mass is 32.2. The van der Waals surface area contributed by atoms with Gasteiger partial charge in [-0.2, -0.15) is 0 Å². The van der Waals surface area contributed by atoms with Gasteiger partial charge >= 0.3 is 0 Å². The molecule has 0 saturated heterocycles. The molecule has 0 fully saturated rings. The second-order valence-corrected chi connectivity index (χ2v) is 8.69. The van der Waals surface area contributed by atoms with Gasteiger partial charge in [-0.15, -0.1) is 0 Å². The van der Waals surface area contributed by atoms with E-state index in [0.29, 0.717) is 11.4 Å². The summed E-state index contributed by atoms with van der Waals surface area (Å²) in [4.78, 5) is 16.1. The number of nitrogens with zero attached hydrogens (tertiary/aromatic N) is 2. The Morgan fingerprint density at radius 1 is 1.13 bits per heavy atom. The van der Waals surface area contributed by atoms with Crippen LogP contribution in [0.4, 0.5) is 5.69 Å². The Bertz CT molecular complexity index is 1410. The number of aromatic nitrogens is 2. The lowest BCUT2D eigenvalue weighted by molar-refractivity contribution is 0.0997. The van der Waals surface area contributed by atoms with E-state index < -0.39 is 15.9 Å². The van der Waals surface area contributed by atoms with E-state index >= 15 is 0 Å². The van der Waals surface area contributed by atoms with Crippen LogP contribution in [0.15, 0.2) is 71.9 Å². The fraction of sp³-hybridized carbons (Fsp3) is 0.0909. The summed E-state index contributed by atoms with van der Waals surface area (Å²) >= 11 is 0. The molecule has 0 aliphatic rings. The van der Waals surface area contributed by atoms with Crippen molar-refractivity contribution >= 4 is 27.3 Å². The molecule has 4 rings (SSSR count). The van der Waals surface area contributed by atoms with Crippen LogP contribution in [-0.4, -0.2) is 30.8 Å². The van der Waals surface area contributed by atoms with Crippen LogP contribution in [-0.2, 0) is 10.0 Å². The number of fused-ring (bicyclic) bond motifs is 1. The highest BCUT2D eigenvalue weighted by molar-refractivity contribution is 7.92. The van der Waals surface area contributed by atoms with Crippen molar-refractivity contribution in [1.29, 1.82) is 0 Å². The number of carbonyl (C=O) groups excluding carboxylic acids is 1. The van der Waals surface area contributed by atoms with Crippen LogP contribution in [0.1, 0.15) is 15.9 Å². The predicted octanol–water partition coefficient (Wildman–Crippen LogP) is 3.22. The number of ether oxygens (including phenoxy) is 1. The monoisotopic (exact) mass is 436 g/mol. The first-order valence-corrected chi connectivity index (χ1v) is 10.8. The number of primary amides is 1. The summed E-state index contributed by atoms with van der Waals surface area (Å²) in [6.45, 7) is 1.99. The molecular formula is C22H20N4O4S. The Morgan fingerprint density at radius 2 is 1.94 bits per heavy atom. The number of pyridine rings is 1. The standard InChI is InChI=1S/C22H20N4O4S/c1-14-8-9-26-13-19(24-21(26)10-14)15-4-3-5-16(11-15)25-31(28,29)17-6-7-20(30-2)18(12-17)22(23)27/h3-13,25H,1-2H3,(H2,23,27). The molecule has 3 N–H and O–H groups in total. The number of imidazole rings is 1. The van der Waals surface area contributed by atoms with E-state index in [4.69, 9.17) is 10.5 Å². The second-order valence-electron chi connectivity index (χ2n) is 7.01. The lowest BCUT2D eigenvalue weighted by atomic mass is 10.1. The summed E-state index contributed by atoms with van der Waals surface area (Å²) in [6.07, 6.45) is 3.80. The summed E-state index contributed by atoms with van der Waals surface area (Å²) in [5, 5.41) is 0. The van der Waals surface area contributed by atoms with E-state index in [-0.39, 0.29) is 16.2 Å². The molecule has 9 heteroatoms. The highest BCUT2D eigenvalue weighted by Gasteiger charge is 2.19. The number of anilines is 1. The lowest BCUT2D eigenvalue weighted by Crippen LogP contribution is -2.16. The Labute approximate surface area is 179 Å². The molecule has 0 spiro atoms. The second kappa shape index (κ2) is 7.77. The average molecular weight is 436 g/mol. The van der Waals surface area contributed by atoms with Gasteiger partial charge in [-0.05, 0) is 55.0 Å². The van der Waals surface area contributed by atoms with Crippen LogP contribution in [0.3, 0.4) is 0 Å². The van der Waals surface area contributed by atoms with Crippen LogP contribution in [0.25, 0.3) is 16.9 Å². The highest BCUT2D eigenvalue weighted by Crippen LogP contribution is 2.26. The van der Waals surface area contributed by atoms with Gasteiger partial charge in [0.25, 0.3) is 15.9 Å². The molecule has 0 radical (unpaired) electrons. The number of nitrogens with one attached hydrogen (secondary N) is 1. The SMILES string of the molecule is COc1ccc(S(=O)(=O)Nc2cccc(-c3cn4ccc(C)cc4n3)c2)cc1C(N)=O. The number of aryl methyl sites for hydroxylation is 1. The maximum absolute atomic E-state index is 12.9. The van der Waals surface area contributed by atoms with E-state index in [0.717, 1.165) is 16.8 Å². The van der Waals surface area contributed by atoms with Crippen molar-refractivity contribution in [2.75, 3.05) is 11.8 Å². The summed E-state index contributed by atoms with van der Waals surface area (Å²) in [5.41, 5.74) is 9.06. The minimum atomic E-state index is -3.96. The van der Waals surface area contributed by atoms with Gasteiger partial charge in [-0.1, -0.05) is 12.1 Å². The van der Waals surface area contributed by atoms with Gasteiger partial charge in [-0.3, -0.25) is 9.52 Å². The number of carbonyl (C=O) groups is 1. The fourth-order valence-corrected chi connectivity index (χ4v) is 4.30. The van der Waals surface area contributed by atoms with Crippen molar-refractivity contribution < 1.29 is 17.9 Å². The minimum Gasteiger partial charge on any atom is -0.496 e. The number of hydrogen-bond donors (Lipinski definition) is 2. The molecule has 4 aromatic rings. The van der Waals surface area contributed by atoms with E-state index in [9.17, 15) is 13.2 Å². The lowest BCUT2D eigenvalue weighted by Gasteiger charge is -2.11. The number of sulfonamides is 1. The largest absolute Gasteiger partial charge is 0.496 e. The number of benzene rings is 2. The normalized spacial score (nSPS) is 11.4. The number of methoxy groups -OCH3 is 1. The number of rotatable bonds is 6. The quantitative estimate of drug-likeness (QED) is 0.481. The van der Waals surface area contributed by atoms with Crippen LogP contribution in [0.5, 0.6) is 5.75 Å². The first-order valence-electron chi connectivity index (χ1n) is 9.33. The van der Waals surface area contributed by atoms with Crippen LogP contribution in [0.2, 0.25) is 0 Å². The maximum Gasteiger partial charge on any atom is 0.261 e. The Kier molecular flexibility index (Phi) is 5.12. The van der Waals surface area contributed by atoms with E-state index in [1.165, 1.54) is 25.3 Å². The van der Waals surface area contributed by atoms with Gasteiger partial charge in [0, 0.05) is 23.6 Å². The molecule has 31 heavy (non-hydrogen) atoms. The number of hydrogen-bond acceptors (Lipinski definition) is 5. The summed E-state index contributed by atoms with van der Waals surface area (Å²) in [6, 6.07) is 14.8. The Morgan fingerprint density at radius 3 is 2.68 bits per heavy atom. The van der Waals surface area contributed by atoms with Gasteiger partial charge in [0.15, 0.2) is 0 Å². The third-order valence-electron chi connectivity index (χ3n) is 4.77. The minimum absolute atomic E-state index is 0.0147. The van der Waals surface area contributed by atoms with Crippen molar-refractivity contribution in [2.45, 2.75) is 11.8 Å². The number of nitrogens with two attached hydrogens (primary N) is 1.